The van der Waals surface area contributed by atoms with E-state index in [1.807, 2.05) is 11.8 Å². The fourth-order valence-corrected chi connectivity index (χ4v) is 4.36. The Morgan fingerprint density at radius 2 is 1.96 bits per heavy atom. The summed E-state index contributed by atoms with van der Waals surface area (Å²) in [5.74, 6) is -0.125. The van der Waals surface area contributed by atoms with Crippen molar-refractivity contribution in [3.8, 4) is 0 Å². The number of carbonyl (C=O) groups is 1. The second kappa shape index (κ2) is 5.93. The highest BCUT2D eigenvalue weighted by atomic mass is 32.1. The number of likely N-dealkylation sites (tertiary alicyclic amines) is 2. The number of amides is 1. The predicted octanol–water partition coefficient (Wildman–Crippen LogP) is 2.48. The zero-order valence-corrected chi connectivity index (χ0v) is 14.5. The van der Waals surface area contributed by atoms with E-state index >= 15 is 0 Å². The van der Waals surface area contributed by atoms with E-state index in [1.165, 1.54) is 12.1 Å². The second-order valence-electron chi connectivity index (χ2n) is 7.06. The minimum absolute atomic E-state index is 0.140. The number of benzene rings is 1. The van der Waals surface area contributed by atoms with Crippen LogP contribution in [0.3, 0.4) is 0 Å². The van der Waals surface area contributed by atoms with Crippen LogP contribution < -0.4 is 0 Å². The molecule has 4 rings (SSSR count). The summed E-state index contributed by atoms with van der Waals surface area (Å²) in [5.41, 5.74) is 2.32. The first-order chi connectivity index (χ1) is 11.5. The molecule has 2 aromatic rings. The van der Waals surface area contributed by atoms with Crippen LogP contribution in [0, 0.1) is 18.2 Å². The van der Waals surface area contributed by atoms with Crippen molar-refractivity contribution >= 4 is 17.2 Å². The van der Waals surface area contributed by atoms with E-state index in [0.717, 1.165) is 49.0 Å². The summed E-state index contributed by atoms with van der Waals surface area (Å²) in [6.45, 7) is 6.73. The summed E-state index contributed by atoms with van der Waals surface area (Å²) >= 11 is 1.69. The van der Waals surface area contributed by atoms with Gasteiger partial charge in [0.25, 0.3) is 0 Å². The van der Waals surface area contributed by atoms with E-state index < -0.39 is 0 Å². The maximum atomic E-state index is 12.9. The van der Waals surface area contributed by atoms with Crippen molar-refractivity contribution in [1.29, 1.82) is 0 Å². The molecule has 0 radical (unpaired) electrons. The lowest BCUT2D eigenvalue weighted by Gasteiger charge is -2.60. The van der Waals surface area contributed by atoms with Crippen molar-refractivity contribution < 1.29 is 9.18 Å². The molecule has 2 saturated heterocycles. The van der Waals surface area contributed by atoms with Gasteiger partial charge in [-0.2, -0.15) is 0 Å². The average Bonchev–Trinajstić information content (AvgIpc) is 2.87. The van der Waals surface area contributed by atoms with Gasteiger partial charge in [0.1, 0.15) is 5.82 Å². The highest BCUT2D eigenvalue weighted by Crippen LogP contribution is 2.40. The number of aromatic nitrogens is 1. The van der Waals surface area contributed by atoms with Gasteiger partial charge in [-0.25, -0.2) is 9.37 Å². The third kappa shape index (κ3) is 3.08. The third-order valence-electron chi connectivity index (χ3n) is 4.84. The molecule has 0 atom stereocenters. The Morgan fingerprint density at radius 1 is 1.25 bits per heavy atom. The molecular weight excluding hydrogens is 325 g/mol. The average molecular weight is 345 g/mol. The van der Waals surface area contributed by atoms with Crippen molar-refractivity contribution in [3.63, 3.8) is 0 Å². The maximum absolute atomic E-state index is 12.9. The molecule has 0 saturated carbocycles. The summed E-state index contributed by atoms with van der Waals surface area (Å²) in [6, 6.07) is 6.18. The number of aryl methyl sites for hydroxylation is 1. The Bertz CT molecular complexity index is 744. The zero-order valence-electron chi connectivity index (χ0n) is 13.7. The highest BCUT2D eigenvalue weighted by Gasteiger charge is 2.52. The Labute approximate surface area is 144 Å². The molecule has 0 N–H and O–H groups in total. The van der Waals surface area contributed by atoms with Crippen molar-refractivity contribution in [2.75, 3.05) is 26.2 Å². The summed E-state index contributed by atoms with van der Waals surface area (Å²) < 4.78 is 12.9. The molecule has 6 heteroatoms. The quantitative estimate of drug-likeness (QED) is 0.854. The van der Waals surface area contributed by atoms with E-state index in [4.69, 9.17) is 0 Å². The van der Waals surface area contributed by atoms with E-state index in [9.17, 15) is 9.18 Å². The van der Waals surface area contributed by atoms with Crippen LogP contribution in [0.25, 0.3) is 0 Å². The fourth-order valence-electron chi connectivity index (χ4n) is 3.75. The lowest BCUT2D eigenvalue weighted by atomic mass is 9.72. The van der Waals surface area contributed by atoms with Crippen LogP contribution in [-0.4, -0.2) is 46.9 Å². The molecule has 1 aromatic carbocycles. The summed E-state index contributed by atoms with van der Waals surface area (Å²) in [7, 11) is 0. The molecule has 126 valence electrons. The van der Waals surface area contributed by atoms with Gasteiger partial charge in [-0.3, -0.25) is 9.69 Å². The fraction of sp³-hybridized carbons (Fsp3) is 0.444. The molecule has 0 bridgehead atoms. The van der Waals surface area contributed by atoms with Gasteiger partial charge >= 0.3 is 0 Å². The Kier molecular flexibility index (Phi) is 3.89. The van der Waals surface area contributed by atoms with Gasteiger partial charge in [-0.15, -0.1) is 11.3 Å². The molecule has 0 aliphatic carbocycles. The number of carbonyl (C=O) groups excluding carboxylic acids is 1. The van der Waals surface area contributed by atoms with Gasteiger partial charge in [-0.05, 0) is 24.6 Å². The largest absolute Gasteiger partial charge is 0.341 e. The van der Waals surface area contributed by atoms with Crippen LogP contribution in [0.5, 0.6) is 0 Å². The number of hydrogen-bond donors (Lipinski definition) is 0. The molecule has 2 aliphatic rings. The van der Waals surface area contributed by atoms with Crippen LogP contribution in [0.4, 0.5) is 4.39 Å². The summed E-state index contributed by atoms with van der Waals surface area (Å²) in [6.07, 6.45) is 0.359. The third-order valence-corrected chi connectivity index (χ3v) is 5.67. The number of halogens is 1. The Balaban J connectivity index is 1.23. The van der Waals surface area contributed by atoms with Crippen LogP contribution in [0.1, 0.15) is 16.3 Å². The highest BCUT2D eigenvalue weighted by molar-refractivity contribution is 7.09. The number of hydrogen-bond acceptors (Lipinski definition) is 4. The number of nitrogens with zero attached hydrogens (tertiary/aromatic N) is 3. The Morgan fingerprint density at radius 3 is 2.58 bits per heavy atom. The molecule has 2 aliphatic heterocycles. The van der Waals surface area contributed by atoms with E-state index in [-0.39, 0.29) is 11.7 Å². The van der Waals surface area contributed by atoms with Gasteiger partial charge in [0, 0.05) is 43.5 Å². The molecule has 3 heterocycles. The van der Waals surface area contributed by atoms with Crippen LogP contribution in [0.15, 0.2) is 29.6 Å². The van der Waals surface area contributed by atoms with E-state index in [2.05, 4.69) is 15.3 Å². The van der Waals surface area contributed by atoms with Crippen molar-refractivity contribution in [3.05, 3.63) is 51.7 Å². The van der Waals surface area contributed by atoms with Crippen LogP contribution in [-0.2, 0) is 17.8 Å². The molecule has 2 fully saturated rings. The lowest BCUT2D eigenvalue weighted by molar-refractivity contribution is -0.159. The summed E-state index contributed by atoms with van der Waals surface area (Å²) in [5, 5.41) is 3.24. The molecule has 1 aromatic heterocycles. The molecule has 1 spiro atoms. The lowest BCUT2D eigenvalue weighted by Crippen LogP contribution is -2.72. The Hall–Kier alpha value is -1.79. The van der Waals surface area contributed by atoms with Crippen LogP contribution in [0.2, 0.25) is 0 Å². The van der Waals surface area contributed by atoms with Gasteiger partial charge < -0.3 is 4.90 Å². The van der Waals surface area contributed by atoms with Crippen molar-refractivity contribution in [1.82, 2.24) is 14.8 Å². The standard InChI is InChI=1S/C18H20FN3OS/c1-13-20-16(8-24-13)7-21-9-18(10-21)11-22(12-18)17(23)6-14-2-4-15(19)5-3-14/h2-5,8H,6-7,9-12H2,1H3. The summed E-state index contributed by atoms with van der Waals surface area (Å²) in [4.78, 5) is 21.1. The normalized spacial score (nSPS) is 19.2. The number of rotatable bonds is 4. The first-order valence-electron chi connectivity index (χ1n) is 8.17. The minimum atomic E-state index is -0.265. The monoisotopic (exact) mass is 345 g/mol. The first-order valence-corrected chi connectivity index (χ1v) is 9.05. The number of thiazole rings is 1. The van der Waals surface area contributed by atoms with E-state index in [0.29, 0.717) is 11.8 Å². The predicted molar refractivity (Wildman–Crippen MR) is 91.2 cm³/mol. The van der Waals surface area contributed by atoms with Gasteiger partial charge in [-0.1, -0.05) is 12.1 Å². The molecule has 4 nitrogen and oxygen atoms in total. The SMILES string of the molecule is Cc1nc(CN2CC3(C2)CN(C(=O)Cc2ccc(F)cc2)C3)cs1. The minimum Gasteiger partial charge on any atom is -0.341 e. The van der Waals surface area contributed by atoms with Crippen molar-refractivity contribution in [2.45, 2.75) is 19.9 Å². The molecule has 0 unspecified atom stereocenters. The topological polar surface area (TPSA) is 36.4 Å². The zero-order chi connectivity index (χ0) is 16.7. The van der Waals surface area contributed by atoms with Crippen molar-refractivity contribution in [2.24, 2.45) is 5.41 Å². The van der Waals surface area contributed by atoms with E-state index in [1.54, 1.807) is 23.5 Å². The smallest absolute Gasteiger partial charge is 0.227 e. The molecular formula is C18H20FN3OS. The second-order valence-corrected chi connectivity index (χ2v) is 8.12. The first kappa shape index (κ1) is 15.7. The maximum Gasteiger partial charge on any atom is 0.227 e. The molecule has 24 heavy (non-hydrogen) atoms. The van der Waals surface area contributed by atoms with Gasteiger partial charge in [0.15, 0.2) is 0 Å². The van der Waals surface area contributed by atoms with Gasteiger partial charge in [0.05, 0.1) is 17.1 Å². The molecule has 1 amide bonds. The van der Waals surface area contributed by atoms with Crippen LogP contribution >= 0.6 is 11.3 Å². The van der Waals surface area contributed by atoms with Gasteiger partial charge in [0.2, 0.25) is 5.91 Å².